The van der Waals surface area contributed by atoms with Crippen LogP contribution in [0, 0.1) is 5.92 Å². The Balaban J connectivity index is 2.06. The highest BCUT2D eigenvalue weighted by molar-refractivity contribution is 5.93. The van der Waals surface area contributed by atoms with Gasteiger partial charge in [-0.1, -0.05) is 6.92 Å². The minimum absolute atomic E-state index is 0.0197. The number of methoxy groups -OCH3 is 1. The Bertz CT molecular complexity index is 600. The predicted octanol–water partition coefficient (Wildman–Crippen LogP) is 3.40. The summed E-state index contributed by atoms with van der Waals surface area (Å²) >= 11 is 0. The van der Waals surface area contributed by atoms with E-state index < -0.39 is 11.7 Å². The van der Waals surface area contributed by atoms with Gasteiger partial charge in [0.25, 0.3) is 0 Å². The fraction of sp³-hybridized carbons (Fsp3) is 0.611. The highest BCUT2D eigenvalue weighted by atomic mass is 19.4. The molecule has 5 nitrogen and oxygen atoms in total. The molecule has 0 bridgehead atoms. The van der Waals surface area contributed by atoms with E-state index in [2.05, 4.69) is 12.2 Å². The zero-order valence-corrected chi connectivity index (χ0v) is 15.1. The molecule has 1 N–H and O–H groups in total. The summed E-state index contributed by atoms with van der Waals surface area (Å²) < 4.78 is 49.2. The quantitative estimate of drug-likeness (QED) is 0.744. The first-order valence-electron chi connectivity index (χ1n) is 8.64. The number of halogens is 3. The van der Waals surface area contributed by atoms with Gasteiger partial charge in [-0.05, 0) is 50.0 Å². The van der Waals surface area contributed by atoms with Gasteiger partial charge in [0, 0.05) is 7.11 Å². The molecule has 1 aliphatic heterocycles. The number of alkyl halides is 3. The van der Waals surface area contributed by atoms with Crippen molar-refractivity contribution in [1.82, 2.24) is 4.90 Å². The lowest BCUT2D eigenvalue weighted by atomic mass is 9.99. The van der Waals surface area contributed by atoms with Crippen LogP contribution in [0.25, 0.3) is 0 Å². The van der Waals surface area contributed by atoms with Crippen molar-refractivity contribution in [1.29, 1.82) is 0 Å². The minimum atomic E-state index is -4.49. The van der Waals surface area contributed by atoms with Crippen LogP contribution in [0.5, 0.6) is 5.75 Å². The molecule has 1 heterocycles. The van der Waals surface area contributed by atoms with E-state index in [0.29, 0.717) is 12.5 Å². The van der Waals surface area contributed by atoms with Crippen molar-refractivity contribution in [2.75, 3.05) is 45.3 Å². The van der Waals surface area contributed by atoms with Gasteiger partial charge in [0.1, 0.15) is 12.4 Å². The van der Waals surface area contributed by atoms with Crippen molar-refractivity contribution in [2.45, 2.75) is 25.9 Å². The van der Waals surface area contributed by atoms with E-state index in [9.17, 15) is 18.0 Å². The summed E-state index contributed by atoms with van der Waals surface area (Å²) in [6.45, 7) is 4.42. The first kappa shape index (κ1) is 20.5. The second-order valence-electron chi connectivity index (χ2n) is 6.56. The molecule has 1 fully saturated rings. The van der Waals surface area contributed by atoms with Crippen LogP contribution in [0.3, 0.4) is 0 Å². The number of benzene rings is 1. The second kappa shape index (κ2) is 9.23. The maximum Gasteiger partial charge on any atom is 0.416 e. The number of hydrogen-bond donors (Lipinski definition) is 1. The van der Waals surface area contributed by atoms with Crippen LogP contribution in [-0.2, 0) is 15.7 Å². The van der Waals surface area contributed by atoms with E-state index in [4.69, 9.17) is 9.47 Å². The molecule has 8 heteroatoms. The molecule has 0 radical (unpaired) electrons. The number of nitrogens with zero attached hydrogens (tertiary/aromatic N) is 1. The SMILES string of the molecule is COCCOc1ccc(C(F)(F)F)cc1NC(=O)CN1CCC(C)CC1. The number of amides is 1. The summed E-state index contributed by atoms with van der Waals surface area (Å²) in [5.74, 6) is 0.477. The van der Waals surface area contributed by atoms with Crippen molar-refractivity contribution in [2.24, 2.45) is 5.92 Å². The third kappa shape index (κ3) is 6.17. The Morgan fingerprint density at radius 2 is 1.96 bits per heavy atom. The topological polar surface area (TPSA) is 50.8 Å². The van der Waals surface area contributed by atoms with Crippen molar-refractivity contribution in [3.8, 4) is 5.75 Å². The fourth-order valence-corrected chi connectivity index (χ4v) is 2.78. The molecular weight excluding hydrogens is 349 g/mol. The zero-order chi connectivity index (χ0) is 19.2. The van der Waals surface area contributed by atoms with Crippen LogP contribution in [0.1, 0.15) is 25.3 Å². The summed E-state index contributed by atoms with van der Waals surface area (Å²) in [7, 11) is 1.50. The molecule has 1 saturated heterocycles. The number of rotatable bonds is 7. The molecule has 0 unspecified atom stereocenters. The molecule has 0 aromatic heterocycles. The van der Waals surface area contributed by atoms with Gasteiger partial charge >= 0.3 is 6.18 Å². The molecule has 1 aliphatic rings. The Kier molecular flexibility index (Phi) is 7.28. The molecule has 0 atom stereocenters. The first-order chi connectivity index (χ1) is 12.3. The number of ether oxygens (including phenoxy) is 2. The van der Waals surface area contributed by atoms with Gasteiger partial charge < -0.3 is 14.8 Å². The Morgan fingerprint density at radius 3 is 2.58 bits per heavy atom. The lowest BCUT2D eigenvalue weighted by Crippen LogP contribution is -2.38. The average molecular weight is 374 g/mol. The van der Waals surface area contributed by atoms with Crippen molar-refractivity contribution >= 4 is 11.6 Å². The molecule has 0 aliphatic carbocycles. The number of piperidine rings is 1. The van der Waals surface area contributed by atoms with Crippen molar-refractivity contribution in [3.63, 3.8) is 0 Å². The Morgan fingerprint density at radius 1 is 1.27 bits per heavy atom. The van der Waals surface area contributed by atoms with Gasteiger partial charge in [0.05, 0.1) is 24.4 Å². The van der Waals surface area contributed by atoms with E-state index >= 15 is 0 Å². The molecule has 146 valence electrons. The number of carbonyl (C=O) groups excluding carboxylic acids is 1. The minimum Gasteiger partial charge on any atom is -0.489 e. The summed E-state index contributed by atoms with van der Waals surface area (Å²) in [4.78, 5) is 14.3. The molecule has 1 aromatic rings. The van der Waals surface area contributed by atoms with Crippen LogP contribution in [0.15, 0.2) is 18.2 Å². The third-order valence-electron chi connectivity index (χ3n) is 4.37. The zero-order valence-electron chi connectivity index (χ0n) is 15.1. The molecule has 0 spiro atoms. The summed E-state index contributed by atoms with van der Waals surface area (Å²) in [6, 6.07) is 3.05. The lowest BCUT2D eigenvalue weighted by molar-refractivity contribution is -0.137. The van der Waals surface area contributed by atoms with E-state index in [0.717, 1.165) is 38.1 Å². The molecule has 1 aromatic carbocycles. The highest BCUT2D eigenvalue weighted by Crippen LogP contribution is 2.35. The van der Waals surface area contributed by atoms with E-state index in [1.54, 1.807) is 0 Å². The fourth-order valence-electron chi connectivity index (χ4n) is 2.78. The van der Waals surface area contributed by atoms with Gasteiger partial charge in [0.15, 0.2) is 0 Å². The van der Waals surface area contributed by atoms with Gasteiger partial charge in [-0.3, -0.25) is 9.69 Å². The molecule has 1 amide bonds. The molecule has 26 heavy (non-hydrogen) atoms. The maximum absolute atomic E-state index is 13.0. The number of anilines is 1. The summed E-state index contributed by atoms with van der Waals surface area (Å²) in [6.07, 6.45) is -2.46. The van der Waals surface area contributed by atoms with Gasteiger partial charge in [-0.2, -0.15) is 13.2 Å². The Labute approximate surface area is 151 Å². The van der Waals surface area contributed by atoms with Crippen LogP contribution in [-0.4, -0.2) is 50.8 Å². The first-order valence-corrected chi connectivity index (χ1v) is 8.64. The second-order valence-corrected chi connectivity index (χ2v) is 6.56. The van der Waals surface area contributed by atoms with Gasteiger partial charge in [-0.25, -0.2) is 0 Å². The van der Waals surface area contributed by atoms with E-state index in [1.807, 2.05) is 4.90 Å². The monoisotopic (exact) mass is 374 g/mol. The van der Waals surface area contributed by atoms with Gasteiger partial charge in [-0.15, -0.1) is 0 Å². The predicted molar refractivity (Wildman–Crippen MR) is 92.3 cm³/mol. The van der Waals surface area contributed by atoms with Crippen LogP contribution >= 0.6 is 0 Å². The standard InChI is InChI=1S/C18H25F3N2O3/c1-13-5-7-23(8-6-13)12-17(24)22-15-11-14(18(19,20)21)3-4-16(15)26-10-9-25-2/h3-4,11,13H,5-10,12H2,1-2H3,(H,22,24). The Hall–Kier alpha value is -1.80. The van der Waals surface area contributed by atoms with Gasteiger partial charge in [0.2, 0.25) is 5.91 Å². The van der Waals surface area contributed by atoms with E-state index in [1.165, 1.54) is 13.2 Å². The average Bonchev–Trinajstić information content (AvgIpc) is 2.57. The number of nitrogens with one attached hydrogen (secondary N) is 1. The van der Waals surface area contributed by atoms with Crippen molar-refractivity contribution in [3.05, 3.63) is 23.8 Å². The molecular formula is C18H25F3N2O3. The normalized spacial score (nSPS) is 16.5. The summed E-state index contributed by atoms with van der Waals surface area (Å²) in [5, 5.41) is 2.56. The largest absolute Gasteiger partial charge is 0.489 e. The van der Waals surface area contributed by atoms with Crippen LogP contribution < -0.4 is 10.1 Å². The number of hydrogen-bond acceptors (Lipinski definition) is 4. The molecule has 0 saturated carbocycles. The number of likely N-dealkylation sites (tertiary alicyclic amines) is 1. The van der Waals surface area contributed by atoms with Crippen molar-refractivity contribution < 1.29 is 27.4 Å². The lowest BCUT2D eigenvalue weighted by Gasteiger charge is -2.29. The van der Waals surface area contributed by atoms with Crippen LogP contribution in [0.2, 0.25) is 0 Å². The smallest absolute Gasteiger partial charge is 0.416 e. The summed E-state index contributed by atoms with van der Waals surface area (Å²) in [5.41, 5.74) is -0.815. The maximum atomic E-state index is 13.0. The third-order valence-corrected chi connectivity index (χ3v) is 4.37. The highest BCUT2D eigenvalue weighted by Gasteiger charge is 2.31. The molecule has 2 rings (SSSR count). The van der Waals surface area contributed by atoms with Crippen LogP contribution in [0.4, 0.5) is 18.9 Å². The number of carbonyl (C=O) groups is 1. The van der Waals surface area contributed by atoms with E-state index in [-0.39, 0.29) is 30.5 Å².